The number of nitrogens with zero attached hydrogens (tertiary/aromatic N) is 2. The SMILES string of the molecule is C=N/N=C(C)\C=C\CC. The van der Waals surface area contributed by atoms with Crippen molar-refractivity contribution in [2.75, 3.05) is 0 Å². The molecule has 0 aromatic rings. The van der Waals surface area contributed by atoms with Crippen LogP contribution in [-0.4, -0.2) is 12.4 Å². The standard InChI is InChI=1S/C7H12N2/c1-4-5-6-7(2)9-8-3/h5-6H,3-4H2,1-2H3/b6-5+,9-7-. The van der Waals surface area contributed by atoms with Gasteiger partial charge in [-0.1, -0.05) is 13.0 Å². The van der Waals surface area contributed by atoms with Gasteiger partial charge in [0.25, 0.3) is 0 Å². The molecule has 0 aliphatic carbocycles. The molecule has 0 saturated heterocycles. The minimum atomic E-state index is 0.895. The second-order valence-electron chi connectivity index (χ2n) is 1.69. The molecule has 0 heterocycles. The van der Waals surface area contributed by atoms with Crippen LogP contribution >= 0.6 is 0 Å². The molecule has 0 spiro atoms. The molecule has 0 N–H and O–H groups in total. The topological polar surface area (TPSA) is 24.7 Å². The van der Waals surface area contributed by atoms with E-state index >= 15 is 0 Å². The molecule has 0 aromatic carbocycles. The van der Waals surface area contributed by atoms with Gasteiger partial charge < -0.3 is 0 Å². The fourth-order valence-electron chi connectivity index (χ4n) is 0.433. The molecule has 0 aliphatic rings. The molecule has 2 heteroatoms. The number of rotatable bonds is 3. The summed E-state index contributed by atoms with van der Waals surface area (Å²) in [4.78, 5) is 0. The van der Waals surface area contributed by atoms with Crippen molar-refractivity contribution in [1.29, 1.82) is 0 Å². The average Bonchev–Trinajstić information content (AvgIpc) is 1.85. The fraction of sp³-hybridized carbons (Fsp3) is 0.429. The highest BCUT2D eigenvalue weighted by Crippen LogP contribution is 1.84. The minimum absolute atomic E-state index is 0.895. The highest BCUT2D eigenvalue weighted by Gasteiger charge is 1.76. The molecule has 0 aromatic heterocycles. The maximum atomic E-state index is 3.71. The summed E-state index contributed by atoms with van der Waals surface area (Å²) in [7, 11) is 0. The highest BCUT2D eigenvalue weighted by molar-refractivity contribution is 5.92. The number of allylic oxidation sites excluding steroid dienone is 2. The van der Waals surface area contributed by atoms with Gasteiger partial charge in [0.2, 0.25) is 0 Å². The fourth-order valence-corrected chi connectivity index (χ4v) is 0.433. The molecule has 50 valence electrons. The minimum Gasteiger partial charge on any atom is -0.167 e. The number of hydrogen-bond acceptors (Lipinski definition) is 2. The van der Waals surface area contributed by atoms with Crippen molar-refractivity contribution in [3.05, 3.63) is 12.2 Å². The van der Waals surface area contributed by atoms with Gasteiger partial charge in [0.1, 0.15) is 0 Å². The first kappa shape index (κ1) is 8.08. The summed E-state index contributed by atoms with van der Waals surface area (Å²) in [6.07, 6.45) is 4.99. The van der Waals surface area contributed by atoms with Crippen LogP contribution in [0.5, 0.6) is 0 Å². The zero-order valence-corrected chi connectivity index (χ0v) is 5.96. The molecule has 0 unspecified atom stereocenters. The first-order valence-corrected chi connectivity index (χ1v) is 2.98. The van der Waals surface area contributed by atoms with E-state index in [4.69, 9.17) is 0 Å². The maximum Gasteiger partial charge on any atom is 0.0596 e. The van der Waals surface area contributed by atoms with Gasteiger partial charge >= 0.3 is 0 Å². The lowest BCUT2D eigenvalue weighted by Gasteiger charge is -1.83. The van der Waals surface area contributed by atoms with E-state index in [2.05, 4.69) is 23.8 Å². The van der Waals surface area contributed by atoms with Crippen molar-refractivity contribution in [2.24, 2.45) is 10.2 Å². The Bertz CT molecular complexity index is 134. The third-order valence-electron chi connectivity index (χ3n) is 0.823. The van der Waals surface area contributed by atoms with E-state index in [1.807, 2.05) is 19.1 Å². The molecule has 0 fully saturated rings. The summed E-state index contributed by atoms with van der Waals surface area (Å²) >= 11 is 0. The normalized spacial score (nSPS) is 12.4. The van der Waals surface area contributed by atoms with E-state index in [1.165, 1.54) is 0 Å². The molecule has 0 radical (unpaired) electrons. The summed E-state index contributed by atoms with van der Waals surface area (Å²) in [5.74, 6) is 0. The van der Waals surface area contributed by atoms with Crippen molar-refractivity contribution >= 4 is 12.4 Å². The van der Waals surface area contributed by atoms with E-state index < -0.39 is 0 Å². The van der Waals surface area contributed by atoms with E-state index in [0.717, 1.165) is 12.1 Å². The average molecular weight is 124 g/mol. The van der Waals surface area contributed by atoms with Crippen LogP contribution in [0.3, 0.4) is 0 Å². The molecule has 2 nitrogen and oxygen atoms in total. The van der Waals surface area contributed by atoms with Crippen LogP contribution in [0.15, 0.2) is 22.4 Å². The summed E-state index contributed by atoms with van der Waals surface area (Å²) in [5, 5.41) is 7.08. The smallest absolute Gasteiger partial charge is 0.0596 e. The van der Waals surface area contributed by atoms with Crippen molar-refractivity contribution in [3.63, 3.8) is 0 Å². The van der Waals surface area contributed by atoms with Crippen molar-refractivity contribution in [2.45, 2.75) is 20.3 Å². The summed E-state index contributed by atoms with van der Waals surface area (Å²) in [5.41, 5.74) is 0.895. The van der Waals surface area contributed by atoms with Crippen molar-refractivity contribution in [3.8, 4) is 0 Å². The Balaban J connectivity index is 3.74. The van der Waals surface area contributed by atoms with Crippen molar-refractivity contribution < 1.29 is 0 Å². The van der Waals surface area contributed by atoms with Crippen LogP contribution in [0, 0.1) is 0 Å². The molecular weight excluding hydrogens is 112 g/mol. The van der Waals surface area contributed by atoms with Gasteiger partial charge in [0.15, 0.2) is 0 Å². The Morgan fingerprint density at radius 1 is 1.67 bits per heavy atom. The monoisotopic (exact) mass is 124 g/mol. The van der Waals surface area contributed by atoms with Gasteiger partial charge in [-0.25, -0.2) is 0 Å². The predicted molar refractivity (Wildman–Crippen MR) is 42.1 cm³/mol. The quantitative estimate of drug-likeness (QED) is 0.406. The predicted octanol–water partition coefficient (Wildman–Crippen LogP) is 2.03. The third-order valence-corrected chi connectivity index (χ3v) is 0.823. The lowest BCUT2D eigenvalue weighted by atomic mass is 10.3. The van der Waals surface area contributed by atoms with Gasteiger partial charge in [-0.3, -0.25) is 0 Å². The van der Waals surface area contributed by atoms with E-state index in [1.54, 1.807) is 0 Å². The molecule has 0 amide bonds. The summed E-state index contributed by atoms with van der Waals surface area (Å²) in [6.45, 7) is 7.20. The number of hydrogen-bond donors (Lipinski definition) is 0. The second kappa shape index (κ2) is 5.22. The van der Waals surface area contributed by atoms with Crippen LogP contribution in [0.1, 0.15) is 20.3 Å². The lowest BCUT2D eigenvalue weighted by molar-refractivity contribution is 1.22. The summed E-state index contributed by atoms with van der Waals surface area (Å²) < 4.78 is 0. The second-order valence-corrected chi connectivity index (χ2v) is 1.69. The van der Waals surface area contributed by atoms with Crippen LogP contribution < -0.4 is 0 Å². The lowest BCUT2D eigenvalue weighted by Crippen LogP contribution is -1.80. The first-order valence-electron chi connectivity index (χ1n) is 2.98. The molecular formula is C7H12N2. The van der Waals surface area contributed by atoms with Gasteiger partial charge in [0, 0.05) is 6.72 Å². The zero-order valence-electron chi connectivity index (χ0n) is 5.96. The van der Waals surface area contributed by atoms with Crippen LogP contribution in [0.4, 0.5) is 0 Å². The van der Waals surface area contributed by atoms with Crippen LogP contribution in [0.2, 0.25) is 0 Å². The van der Waals surface area contributed by atoms with E-state index in [0.29, 0.717) is 0 Å². The van der Waals surface area contributed by atoms with E-state index in [-0.39, 0.29) is 0 Å². The molecule has 0 atom stereocenters. The Morgan fingerprint density at radius 3 is 2.78 bits per heavy atom. The van der Waals surface area contributed by atoms with Gasteiger partial charge in [-0.15, -0.1) is 0 Å². The van der Waals surface area contributed by atoms with Crippen LogP contribution in [0.25, 0.3) is 0 Å². The van der Waals surface area contributed by atoms with Crippen molar-refractivity contribution in [1.82, 2.24) is 0 Å². The highest BCUT2D eigenvalue weighted by atomic mass is 15.2. The Hall–Kier alpha value is -0.920. The molecule has 0 saturated carbocycles. The van der Waals surface area contributed by atoms with Gasteiger partial charge in [-0.05, 0) is 19.4 Å². The largest absolute Gasteiger partial charge is 0.167 e. The molecule has 0 bridgehead atoms. The Kier molecular flexibility index (Phi) is 4.69. The summed E-state index contributed by atoms with van der Waals surface area (Å²) in [6, 6.07) is 0. The third kappa shape index (κ3) is 4.94. The zero-order chi connectivity index (χ0) is 7.11. The van der Waals surface area contributed by atoms with E-state index in [9.17, 15) is 0 Å². The van der Waals surface area contributed by atoms with Gasteiger partial charge in [-0.2, -0.15) is 10.2 Å². The first-order chi connectivity index (χ1) is 4.31. The van der Waals surface area contributed by atoms with Crippen LogP contribution in [-0.2, 0) is 0 Å². The Morgan fingerprint density at radius 2 is 2.33 bits per heavy atom. The maximum absolute atomic E-state index is 3.71. The Labute approximate surface area is 56.0 Å². The molecule has 0 aliphatic heterocycles. The molecule has 0 rings (SSSR count). The molecule has 9 heavy (non-hydrogen) atoms. The van der Waals surface area contributed by atoms with Gasteiger partial charge in [0.05, 0.1) is 5.71 Å².